The fourth-order valence-electron chi connectivity index (χ4n) is 1.61. The molecule has 1 rings (SSSR count). The number of aryl methyl sites for hydroxylation is 3. The molecular formula is C12H17NO3. The van der Waals surface area contributed by atoms with Crippen molar-refractivity contribution in [3.05, 3.63) is 28.8 Å². The SMILES string of the molecule is Cc1cc(C)c(OC(=O)NCCO)c(C)c1. The number of carbonyl (C=O) groups is 1. The molecular weight excluding hydrogens is 206 g/mol. The maximum Gasteiger partial charge on any atom is 0.412 e. The third kappa shape index (κ3) is 3.24. The van der Waals surface area contributed by atoms with Crippen molar-refractivity contribution in [1.29, 1.82) is 0 Å². The minimum atomic E-state index is -0.538. The van der Waals surface area contributed by atoms with E-state index in [1.807, 2.05) is 32.9 Å². The summed E-state index contributed by atoms with van der Waals surface area (Å²) in [6.45, 7) is 5.89. The summed E-state index contributed by atoms with van der Waals surface area (Å²) < 4.78 is 5.17. The van der Waals surface area contributed by atoms with E-state index in [-0.39, 0.29) is 13.2 Å². The van der Waals surface area contributed by atoms with Crippen LogP contribution in [0.25, 0.3) is 0 Å². The lowest BCUT2D eigenvalue weighted by atomic mass is 10.1. The van der Waals surface area contributed by atoms with E-state index in [9.17, 15) is 4.79 Å². The van der Waals surface area contributed by atoms with Gasteiger partial charge < -0.3 is 15.2 Å². The molecule has 0 atom stereocenters. The van der Waals surface area contributed by atoms with Crippen LogP contribution in [-0.2, 0) is 0 Å². The second-order valence-electron chi connectivity index (χ2n) is 3.77. The van der Waals surface area contributed by atoms with Gasteiger partial charge in [-0.2, -0.15) is 0 Å². The van der Waals surface area contributed by atoms with Gasteiger partial charge in [0.1, 0.15) is 5.75 Å². The van der Waals surface area contributed by atoms with Crippen LogP contribution in [0.1, 0.15) is 16.7 Å². The summed E-state index contributed by atoms with van der Waals surface area (Å²) in [6, 6.07) is 3.92. The molecule has 2 N–H and O–H groups in total. The van der Waals surface area contributed by atoms with Crippen molar-refractivity contribution in [1.82, 2.24) is 5.32 Å². The van der Waals surface area contributed by atoms with Crippen LogP contribution in [0, 0.1) is 20.8 Å². The second kappa shape index (κ2) is 5.51. The van der Waals surface area contributed by atoms with Crippen molar-refractivity contribution in [2.75, 3.05) is 13.2 Å². The number of nitrogens with one attached hydrogen (secondary N) is 1. The molecule has 4 heteroatoms. The van der Waals surface area contributed by atoms with E-state index in [0.29, 0.717) is 5.75 Å². The monoisotopic (exact) mass is 223 g/mol. The Bertz CT molecular complexity index is 365. The molecule has 0 heterocycles. The van der Waals surface area contributed by atoms with Crippen LogP contribution in [0.5, 0.6) is 5.75 Å². The lowest BCUT2D eigenvalue weighted by Gasteiger charge is -2.11. The minimum Gasteiger partial charge on any atom is -0.410 e. The van der Waals surface area contributed by atoms with Gasteiger partial charge in [0.25, 0.3) is 0 Å². The van der Waals surface area contributed by atoms with Crippen molar-refractivity contribution in [3.8, 4) is 5.75 Å². The van der Waals surface area contributed by atoms with Gasteiger partial charge in [0.15, 0.2) is 0 Å². The molecule has 1 amide bonds. The average molecular weight is 223 g/mol. The first-order valence-corrected chi connectivity index (χ1v) is 5.19. The summed E-state index contributed by atoms with van der Waals surface area (Å²) in [6.07, 6.45) is -0.538. The zero-order chi connectivity index (χ0) is 12.1. The summed E-state index contributed by atoms with van der Waals surface area (Å²) in [5.74, 6) is 0.584. The van der Waals surface area contributed by atoms with E-state index in [2.05, 4.69) is 5.32 Å². The maximum absolute atomic E-state index is 11.3. The highest BCUT2D eigenvalue weighted by Gasteiger charge is 2.09. The number of aliphatic hydroxyl groups excluding tert-OH is 1. The summed E-state index contributed by atoms with van der Waals surface area (Å²) >= 11 is 0. The Balaban J connectivity index is 2.77. The van der Waals surface area contributed by atoms with Gasteiger partial charge in [0.2, 0.25) is 0 Å². The first-order chi connectivity index (χ1) is 7.54. The lowest BCUT2D eigenvalue weighted by Crippen LogP contribution is -2.29. The van der Waals surface area contributed by atoms with Gasteiger partial charge in [-0.25, -0.2) is 4.79 Å². The normalized spacial score (nSPS) is 10.0. The molecule has 0 bridgehead atoms. The number of hydrogen-bond acceptors (Lipinski definition) is 3. The summed E-state index contributed by atoms with van der Waals surface area (Å²) in [5, 5.41) is 11.0. The number of rotatable bonds is 3. The van der Waals surface area contributed by atoms with E-state index >= 15 is 0 Å². The summed E-state index contributed by atoms with van der Waals surface area (Å²) in [4.78, 5) is 11.3. The van der Waals surface area contributed by atoms with Gasteiger partial charge in [-0.3, -0.25) is 0 Å². The van der Waals surface area contributed by atoms with Gasteiger partial charge in [0.05, 0.1) is 6.61 Å². The van der Waals surface area contributed by atoms with Gasteiger partial charge >= 0.3 is 6.09 Å². The largest absolute Gasteiger partial charge is 0.412 e. The van der Waals surface area contributed by atoms with Crippen LogP contribution in [0.2, 0.25) is 0 Å². The highest BCUT2D eigenvalue weighted by molar-refractivity contribution is 5.71. The molecule has 0 saturated heterocycles. The fourth-order valence-corrected chi connectivity index (χ4v) is 1.61. The number of ether oxygens (including phenoxy) is 1. The number of amides is 1. The summed E-state index contributed by atoms with van der Waals surface area (Å²) in [5.41, 5.74) is 2.99. The van der Waals surface area contributed by atoms with E-state index in [1.165, 1.54) is 0 Å². The van der Waals surface area contributed by atoms with E-state index in [0.717, 1.165) is 16.7 Å². The molecule has 0 aliphatic carbocycles. The molecule has 0 radical (unpaired) electrons. The van der Waals surface area contributed by atoms with Crippen molar-refractivity contribution in [3.63, 3.8) is 0 Å². The zero-order valence-electron chi connectivity index (χ0n) is 9.83. The van der Waals surface area contributed by atoms with Crippen molar-refractivity contribution in [2.45, 2.75) is 20.8 Å². The van der Waals surface area contributed by atoms with E-state index in [4.69, 9.17) is 9.84 Å². The molecule has 88 valence electrons. The predicted molar refractivity (Wildman–Crippen MR) is 61.8 cm³/mol. The Labute approximate surface area is 95.2 Å². The Morgan fingerprint density at radius 2 is 1.88 bits per heavy atom. The number of benzene rings is 1. The lowest BCUT2D eigenvalue weighted by molar-refractivity contribution is 0.195. The molecule has 4 nitrogen and oxygen atoms in total. The second-order valence-corrected chi connectivity index (χ2v) is 3.77. The van der Waals surface area contributed by atoms with Gasteiger partial charge in [-0.15, -0.1) is 0 Å². The minimum absolute atomic E-state index is 0.0963. The molecule has 0 spiro atoms. The number of aliphatic hydroxyl groups is 1. The topological polar surface area (TPSA) is 58.6 Å². The molecule has 1 aromatic rings. The van der Waals surface area contributed by atoms with Crippen LogP contribution in [0.3, 0.4) is 0 Å². The molecule has 0 aliphatic heterocycles. The van der Waals surface area contributed by atoms with Crippen LogP contribution < -0.4 is 10.1 Å². The summed E-state index contributed by atoms with van der Waals surface area (Å²) in [7, 11) is 0. The Morgan fingerprint density at radius 3 is 2.38 bits per heavy atom. The third-order valence-corrected chi connectivity index (χ3v) is 2.18. The standard InChI is InChI=1S/C12H17NO3/c1-8-6-9(2)11(10(3)7-8)16-12(15)13-4-5-14/h6-7,14H,4-5H2,1-3H3,(H,13,15). The van der Waals surface area contributed by atoms with Gasteiger partial charge in [0, 0.05) is 6.54 Å². The molecule has 0 fully saturated rings. The van der Waals surface area contributed by atoms with Gasteiger partial charge in [-0.05, 0) is 31.9 Å². The van der Waals surface area contributed by atoms with Crippen molar-refractivity contribution in [2.24, 2.45) is 0 Å². The quantitative estimate of drug-likeness (QED) is 0.819. The first kappa shape index (κ1) is 12.5. The Hall–Kier alpha value is -1.55. The number of carbonyl (C=O) groups excluding carboxylic acids is 1. The van der Waals surface area contributed by atoms with E-state index < -0.39 is 6.09 Å². The fraction of sp³-hybridized carbons (Fsp3) is 0.417. The van der Waals surface area contributed by atoms with E-state index in [1.54, 1.807) is 0 Å². The zero-order valence-corrected chi connectivity index (χ0v) is 9.83. The third-order valence-electron chi connectivity index (χ3n) is 2.18. The molecule has 16 heavy (non-hydrogen) atoms. The smallest absolute Gasteiger partial charge is 0.410 e. The van der Waals surface area contributed by atoms with Crippen LogP contribution in [0.15, 0.2) is 12.1 Å². The molecule has 0 saturated carbocycles. The molecule has 0 unspecified atom stereocenters. The highest BCUT2D eigenvalue weighted by Crippen LogP contribution is 2.24. The first-order valence-electron chi connectivity index (χ1n) is 5.19. The van der Waals surface area contributed by atoms with Crippen molar-refractivity contribution < 1.29 is 14.6 Å². The molecule has 1 aromatic carbocycles. The van der Waals surface area contributed by atoms with Gasteiger partial charge in [-0.1, -0.05) is 17.7 Å². The van der Waals surface area contributed by atoms with Crippen LogP contribution >= 0.6 is 0 Å². The van der Waals surface area contributed by atoms with Crippen LogP contribution in [0.4, 0.5) is 4.79 Å². The molecule has 0 aliphatic rings. The van der Waals surface area contributed by atoms with Crippen LogP contribution in [-0.4, -0.2) is 24.4 Å². The Morgan fingerprint density at radius 1 is 1.31 bits per heavy atom. The maximum atomic E-state index is 11.3. The highest BCUT2D eigenvalue weighted by atomic mass is 16.6. The molecule has 0 aromatic heterocycles. The predicted octanol–water partition coefficient (Wildman–Crippen LogP) is 1.69. The average Bonchev–Trinajstić information content (AvgIpc) is 2.20. The van der Waals surface area contributed by atoms with Crippen molar-refractivity contribution >= 4 is 6.09 Å². The number of hydrogen-bond donors (Lipinski definition) is 2. The Kier molecular flexibility index (Phi) is 4.31.